The molecule has 7 nitrogen and oxygen atoms in total. The third-order valence-corrected chi connectivity index (χ3v) is 3.33. The maximum atomic E-state index is 11.1. The summed E-state index contributed by atoms with van der Waals surface area (Å²) in [5.41, 5.74) is 0.475. The maximum absolute atomic E-state index is 11.1. The van der Waals surface area contributed by atoms with Gasteiger partial charge >= 0.3 is 5.97 Å². The van der Waals surface area contributed by atoms with Gasteiger partial charge in [0.25, 0.3) is 0 Å². The molecule has 1 aliphatic rings. The van der Waals surface area contributed by atoms with Crippen LogP contribution in [0.25, 0.3) is 5.65 Å². The predicted octanol–water partition coefficient (Wildman–Crippen LogP) is 1.04. The quantitative estimate of drug-likeness (QED) is 0.883. The number of ether oxygens (including phenoxy) is 1. The van der Waals surface area contributed by atoms with E-state index in [-0.39, 0.29) is 17.8 Å². The maximum Gasteiger partial charge on any atom is 0.341 e. The van der Waals surface area contributed by atoms with Crippen LogP contribution < -0.4 is 4.90 Å². The molecule has 20 heavy (non-hydrogen) atoms. The molecule has 0 amide bonds. The zero-order valence-corrected chi connectivity index (χ0v) is 11.4. The largest absolute Gasteiger partial charge is 0.477 e. The first kappa shape index (κ1) is 12.9. The zero-order chi connectivity index (χ0) is 14.3. The summed E-state index contributed by atoms with van der Waals surface area (Å²) < 4.78 is 7.16. The number of carboxylic acids is 1. The molecule has 1 aliphatic heterocycles. The Kier molecular flexibility index (Phi) is 3.06. The summed E-state index contributed by atoms with van der Waals surface area (Å²) >= 11 is 0. The fourth-order valence-corrected chi connectivity index (χ4v) is 2.55. The van der Waals surface area contributed by atoms with Crippen molar-refractivity contribution in [3.63, 3.8) is 0 Å². The number of hydrogen-bond donors (Lipinski definition) is 1. The highest BCUT2D eigenvalue weighted by Crippen LogP contribution is 2.20. The van der Waals surface area contributed by atoms with Crippen molar-refractivity contribution >= 4 is 17.4 Å². The molecular formula is C13H16N4O3. The van der Waals surface area contributed by atoms with Gasteiger partial charge < -0.3 is 14.7 Å². The Bertz CT molecular complexity index is 644. The molecule has 0 radical (unpaired) electrons. The lowest BCUT2D eigenvalue weighted by Crippen LogP contribution is -2.45. The van der Waals surface area contributed by atoms with Crippen molar-refractivity contribution in [2.24, 2.45) is 0 Å². The Balaban J connectivity index is 1.99. The minimum atomic E-state index is -1.02. The van der Waals surface area contributed by atoms with E-state index in [4.69, 9.17) is 9.84 Å². The van der Waals surface area contributed by atoms with Crippen molar-refractivity contribution in [3.05, 3.63) is 24.0 Å². The lowest BCUT2D eigenvalue weighted by molar-refractivity contribution is -0.00545. The normalized spacial score (nSPS) is 23.2. The number of fused-ring (bicyclic) bond motifs is 1. The van der Waals surface area contributed by atoms with Crippen molar-refractivity contribution in [1.82, 2.24) is 14.6 Å². The molecular weight excluding hydrogens is 260 g/mol. The second-order valence-electron chi connectivity index (χ2n) is 5.08. The summed E-state index contributed by atoms with van der Waals surface area (Å²) in [6, 6.07) is 1.84. The number of carboxylic acid groups (broad SMARTS) is 1. The monoisotopic (exact) mass is 276 g/mol. The minimum Gasteiger partial charge on any atom is -0.477 e. The second kappa shape index (κ2) is 4.75. The van der Waals surface area contributed by atoms with Crippen molar-refractivity contribution in [1.29, 1.82) is 0 Å². The molecule has 2 aromatic rings. The van der Waals surface area contributed by atoms with E-state index in [1.165, 1.54) is 10.7 Å². The number of aromatic nitrogens is 3. The third-order valence-electron chi connectivity index (χ3n) is 3.33. The van der Waals surface area contributed by atoms with Crippen LogP contribution in [0.2, 0.25) is 0 Å². The van der Waals surface area contributed by atoms with E-state index >= 15 is 0 Å². The van der Waals surface area contributed by atoms with Gasteiger partial charge in [-0.3, -0.25) is 0 Å². The van der Waals surface area contributed by atoms with Crippen LogP contribution in [0, 0.1) is 0 Å². The molecule has 1 N–H and O–H groups in total. The van der Waals surface area contributed by atoms with Crippen molar-refractivity contribution < 1.29 is 14.6 Å². The number of carbonyl (C=O) groups is 1. The molecule has 106 valence electrons. The van der Waals surface area contributed by atoms with Gasteiger partial charge in [0.15, 0.2) is 5.65 Å². The van der Waals surface area contributed by atoms with Gasteiger partial charge in [0.1, 0.15) is 11.4 Å². The lowest BCUT2D eigenvalue weighted by atomic mass is 10.2. The molecule has 0 saturated carbocycles. The minimum absolute atomic E-state index is 0.112. The number of nitrogens with zero attached hydrogens (tertiary/aromatic N) is 4. The second-order valence-corrected chi connectivity index (χ2v) is 5.08. The van der Waals surface area contributed by atoms with Crippen LogP contribution in [-0.4, -0.2) is 51.0 Å². The third kappa shape index (κ3) is 2.20. The van der Waals surface area contributed by atoms with Crippen LogP contribution >= 0.6 is 0 Å². The van der Waals surface area contributed by atoms with Gasteiger partial charge in [-0.2, -0.15) is 5.10 Å². The molecule has 0 aliphatic carbocycles. The van der Waals surface area contributed by atoms with Crippen molar-refractivity contribution in [3.8, 4) is 0 Å². The predicted molar refractivity (Wildman–Crippen MR) is 72.2 cm³/mol. The average molecular weight is 276 g/mol. The van der Waals surface area contributed by atoms with E-state index in [0.717, 1.165) is 18.9 Å². The van der Waals surface area contributed by atoms with Gasteiger partial charge in [0, 0.05) is 19.3 Å². The van der Waals surface area contributed by atoms with Crippen LogP contribution in [0.15, 0.2) is 18.5 Å². The summed E-state index contributed by atoms with van der Waals surface area (Å²) in [6.45, 7) is 5.51. The Morgan fingerprint density at radius 1 is 1.40 bits per heavy atom. The molecule has 0 unspecified atom stereocenters. The van der Waals surface area contributed by atoms with Crippen LogP contribution in [0.3, 0.4) is 0 Å². The van der Waals surface area contributed by atoms with E-state index in [0.29, 0.717) is 5.65 Å². The zero-order valence-electron chi connectivity index (χ0n) is 11.4. The van der Waals surface area contributed by atoms with Gasteiger partial charge in [-0.25, -0.2) is 14.3 Å². The van der Waals surface area contributed by atoms with Crippen molar-refractivity contribution in [2.75, 3.05) is 18.0 Å². The number of aromatic carboxylic acids is 1. The van der Waals surface area contributed by atoms with Crippen LogP contribution in [-0.2, 0) is 4.74 Å². The smallest absolute Gasteiger partial charge is 0.341 e. The first-order valence-electron chi connectivity index (χ1n) is 6.52. The fraction of sp³-hybridized carbons (Fsp3) is 0.462. The Hall–Kier alpha value is -2.15. The number of rotatable bonds is 2. The van der Waals surface area contributed by atoms with Gasteiger partial charge in [-0.05, 0) is 19.9 Å². The molecule has 2 atom stereocenters. The van der Waals surface area contributed by atoms with Gasteiger partial charge in [0.2, 0.25) is 0 Å². The molecule has 0 bridgehead atoms. The van der Waals surface area contributed by atoms with E-state index in [1.807, 2.05) is 19.9 Å². The molecule has 1 fully saturated rings. The number of anilines is 1. The molecule has 1 saturated heterocycles. The summed E-state index contributed by atoms with van der Waals surface area (Å²) in [7, 11) is 0. The summed E-state index contributed by atoms with van der Waals surface area (Å²) in [4.78, 5) is 17.7. The summed E-state index contributed by atoms with van der Waals surface area (Å²) in [5, 5.41) is 13.1. The van der Waals surface area contributed by atoms with E-state index in [1.54, 1.807) is 6.20 Å². The Labute approximate surface area is 115 Å². The van der Waals surface area contributed by atoms with Crippen molar-refractivity contribution in [2.45, 2.75) is 26.1 Å². The number of hydrogen-bond acceptors (Lipinski definition) is 5. The molecule has 2 aromatic heterocycles. The Morgan fingerprint density at radius 2 is 2.10 bits per heavy atom. The molecule has 0 aromatic carbocycles. The topological polar surface area (TPSA) is 80.0 Å². The molecule has 0 spiro atoms. The van der Waals surface area contributed by atoms with E-state index < -0.39 is 5.97 Å². The summed E-state index contributed by atoms with van der Waals surface area (Å²) in [5.74, 6) is -0.268. The van der Waals surface area contributed by atoms with Gasteiger partial charge in [-0.1, -0.05) is 0 Å². The fourth-order valence-electron chi connectivity index (χ4n) is 2.55. The van der Waals surface area contributed by atoms with Gasteiger partial charge in [-0.15, -0.1) is 0 Å². The highest BCUT2D eigenvalue weighted by atomic mass is 16.5. The average Bonchev–Trinajstić information content (AvgIpc) is 2.80. The van der Waals surface area contributed by atoms with Crippen LogP contribution in [0.4, 0.5) is 5.82 Å². The van der Waals surface area contributed by atoms with E-state index in [9.17, 15) is 4.79 Å². The van der Waals surface area contributed by atoms with Gasteiger partial charge in [0.05, 0.1) is 18.4 Å². The van der Waals surface area contributed by atoms with E-state index in [2.05, 4.69) is 15.0 Å². The molecule has 7 heteroatoms. The first-order chi connectivity index (χ1) is 9.54. The molecule has 3 heterocycles. The highest BCUT2D eigenvalue weighted by molar-refractivity contribution is 5.94. The standard InChI is InChI=1S/C13H16N4O3/c1-8-6-16(7-9(2)20-8)11-3-4-17-12(15-11)10(5-14-17)13(18)19/h3-5,8-9H,6-7H2,1-2H3,(H,18,19)/t8-,9+. The highest BCUT2D eigenvalue weighted by Gasteiger charge is 2.24. The lowest BCUT2D eigenvalue weighted by Gasteiger charge is -2.36. The first-order valence-corrected chi connectivity index (χ1v) is 6.52. The Morgan fingerprint density at radius 3 is 2.75 bits per heavy atom. The van der Waals surface area contributed by atoms with Crippen LogP contribution in [0.5, 0.6) is 0 Å². The molecule has 3 rings (SSSR count). The van der Waals surface area contributed by atoms with Crippen LogP contribution in [0.1, 0.15) is 24.2 Å². The number of morpholine rings is 1. The summed E-state index contributed by atoms with van der Waals surface area (Å²) in [6.07, 6.45) is 3.30. The SMILES string of the molecule is C[C@@H]1CN(c2ccn3ncc(C(=O)O)c3n2)C[C@H](C)O1.